The molecule has 0 saturated carbocycles. The number of hydrogen-bond donors (Lipinski definition) is 1. The van der Waals surface area contributed by atoms with E-state index in [2.05, 4.69) is 4.98 Å². The highest BCUT2D eigenvalue weighted by molar-refractivity contribution is 6.46. The third-order valence-electron chi connectivity index (χ3n) is 5.02. The fourth-order valence-corrected chi connectivity index (χ4v) is 3.49. The van der Waals surface area contributed by atoms with Gasteiger partial charge in [-0.15, -0.1) is 0 Å². The van der Waals surface area contributed by atoms with Gasteiger partial charge in [0.15, 0.2) is 0 Å². The summed E-state index contributed by atoms with van der Waals surface area (Å²) in [6, 6.07) is 7.99. The second kappa shape index (κ2) is 8.45. The van der Waals surface area contributed by atoms with Crippen molar-refractivity contribution in [2.75, 3.05) is 34.3 Å². The maximum absolute atomic E-state index is 12.9. The van der Waals surface area contributed by atoms with Gasteiger partial charge in [0, 0.05) is 31.0 Å². The number of rotatable bonds is 6. The molecule has 7 heteroatoms. The van der Waals surface area contributed by atoms with Crippen molar-refractivity contribution in [2.24, 2.45) is 0 Å². The second-order valence-corrected chi connectivity index (χ2v) is 7.26. The average Bonchev–Trinajstić information content (AvgIpc) is 2.97. The molecule has 0 spiro atoms. The molecule has 0 bridgehead atoms. The first-order valence-electron chi connectivity index (χ1n) is 9.33. The number of hydrogen-bond acceptors (Lipinski definition) is 6. The smallest absolute Gasteiger partial charge is 0.295 e. The Morgan fingerprint density at radius 2 is 1.90 bits per heavy atom. The Bertz CT molecular complexity index is 954. The number of aliphatic hydroxyl groups is 1. The van der Waals surface area contributed by atoms with Crippen LogP contribution in [0.5, 0.6) is 5.75 Å². The molecule has 0 radical (unpaired) electrons. The van der Waals surface area contributed by atoms with Crippen molar-refractivity contribution in [3.63, 3.8) is 0 Å². The van der Waals surface area contributed by atoms with Crippen LogP contribution in [0.15, 0.2) is 48.3 Å². The van der Waals surface area contributed by atoms with Gasteiger partial charge in [0.25, 0.3) is 11.7 Å². The molecular weight excluding hydrogens is 370 g/mol. The number of carbonyl (C=O) groups excluding carboxylic acids is 2. The van der Waals surface area contributed by atoms with E-state index in [9.17, 15) is 14.7 Å². The number of ketones is 1. The number of likely N-dealkylation sites (tertiary alicyclic amines) is 1. The van der Waals surface area contributed by atoms with E-state index in [0.29, 0.717) is 24.4 Å². The number of Topliss-reactive ketones (excluding diaryl/α,β-unsaturated/α-hetero) is 1. The standard InChI is InChI=1S/C22H25N3O4/c1-14-13-16(5-6-17(14)29-4)20(26)18-19(15-7-9-23-10-8-15)25(12-11-24(2)3)22(28)21(18)27/h5-10,13,19,26H,11-12H2,1-4H3. The Hall–Kier alpha value is -3.19. The zero-order valence-electron chi connectivity index (χ0n) is 17.0. The summed E-state index contributed by atoms with van der Waals surface area (Å²) in [6.07, 6.45) is 3.22. The molecule has 2 heterocycles. The van der Waals surface area contributed by atoms with Crippen molar-refractivity contribution < 1.29 is 19.4 Å². The van der Waals surface area contributed by atoms with Crippen LogP contribution >= 0.6 is 0 Å². The van der Waals surface area contributed by atoms with E-state index < -0.39 is 17.7 Å². The lowest BCUT2D eigenvalue weighted by Crippen LogP contribution is -2.35. The molecule has 1 saturated heterocycles. The lowest BCUT2D eigenvalue weighted by atomic mass is 9.95. The number of aromatic nitrogens is 1. The summed E-state index contributed by atoms with van der Waals surface area (Å²) >= 11 is 0. The van der Waals surface area contributed by atoms with Crippen LogP contribution in [0.3, 0.4) is 0 Å². The van der Waals surface area contributed by atoms with Crippen LogP contribution in [0.4, 0.5) is 0 Å². The minimum Gasteiger partial charge on any atom is -0.507 e. The van der Waals surface area contributed by atoms with E-state index in [4.69, 9.17) is 4.74 Å². The van der Waals surface area contributed by atoms with Crippen LogP contribution in [0.25, 0.3) is 5.76 Å². The number of amides is 1. The van der Waals surface area contributed by atoms with Gasteiger partial charge in [-0.2, -0.15) is 0 Å². The van der Waals surface area contributed by atoms with E-state index in [1.165, 1.54) is 4.90 Å². The summed E-state index contributed by atoms with van der Waals surface area (Å²) in [7, 11) is 5.37. The number of carbonyl (C=O) groups is 2. The molecule has 1 unspecified atom stereocenters. The Morgan fingerprint density at radius 1 is 1.21 bits per heavy atom. The Morgan fingerprint density at radius 3 is 2.48 bits per heavy atom. The number of likely N-dealkylation sites (N-methyl/N-ethyl adjacent to an activating group) is 1. The van der Waals surface area contributed by atoms with Crippen molar-refractivity contribution in [1.29, 1.82) is 0 Å². The number of methoxy groups -OCH3 is 1. The molecule has 0 aliphatic carbocycles. The summed E-state index contributed by atoms with van der Waals surface area (Å²) in [5, 5.41) is 11.0. The van der Waals surface area contributed by atoms with Gasteiger partial charge >= 0.3 is 0 Å². The number of pyridine rings is 1. The number of nitrogens with zero attached hydrogens (tertiary/aromatic N) is 3. The Balaban J connectivity index is 2.13. The van der Waals surface area contributed by atoms with Crippen LogP contribution < -0.4 is 4.74 Å². The lowest BCUT2D eigenvalue weighted by molar-refractivity contribution is -0.140. The van der Waals surface area contributed by atoms with Gasteiger partial charge in [-0.3, -0.25) is 14.6 Å². The summed E-state index contributed by atoms with van der Waals surface area (Å²) in [6.45, 7) is 2.81. The molecule has 1 amide bonds. The van der Waals surface area contributed by atoms with Crippen LogP contribution in [-0.4, -0.2) is 65.9 Å². The molecule has 1 aliphatic rings. The van der Waals surface area contributed by atoms with E-state index in [1.54, 1.807) is 49.8 Å². The molecule has 1 N–H and O–H groups in total. The first kappa shape index (κ1) is 20.5. The molecule has 1 aliphatic heterocycles. The maximum atomic E-state index is 12.9. The molecule has 7 nitrogen and oxygen atoms in total. The first-order chi connectivity index (χ1) is 13.8. The molecular formula is C22H25N3O4. The van der Waals surface area contributed by atoms with Gasteiger partial charge in [0.2, 0.25) is 0 Å². The summed E-state index contributed by atoms with van der Waals surface area (Å²) < 4.78 is 5.27. The van der Waals surface area contributed by atoms with Gasteiger partial charge in [0.05, 0.1) is 18.7 Å². The van der Waals surface area contributed by atoms with E-state index in [1.807, 2.05) is 25.9 Å². The van der Waals surface area contributed by atoms with Crippen molar-refractivity contribution in [2.45, 2.75) is 13.0 Å². The zero-order valence-corrected chi connectivity index (χ0v) is 17.0. The maximum Gasteiger partial charge on any atom is 0.295 e. The van der Waals surface area contributed by atoms with Crippen LogP contribution in [0.2, 0.25) is 0 Å². The molecule has 2 aromatic rings. The SMILES string of the molecule is COc1ccc(C(O)=C2C(=O)C(=O)N(CCN(C)C)C2c2ccncc2)cc1C. The molecule has 1 aromatic heterocycles. The monoisotopic (exact) mass is 395 g/mol. The number of ether oxygens (including phenoxy) is 1. The van der Waals surface area contributed by atoms with Crippen molar-refractivity contribution in [1.82, 2.24) is 14.8 Å². The molecule has 1 fully saturated rings. The molecule has 3 rings (SSSR count). The third kappa shape index (κ3) is 4.00. The number of benzene rings is 1. The number of aryl methyl sites for hydroxylation is 1. The van der Waals surface area contributed by atoms with E-state index in [-0.39, 0.29) is 11.3 Å². The third-order valence-corrected chi connectivity index (χ3v) is 5.02. The minimum absolute atomic E-state index is 0.0875. The Kier molecular flexibility index (Phi) is 5.98. The largest absolute Gasteiger partial charge is 0.507 e. The highest BCUT2D eigenvalue weighted by atomic mass is 16.5. The molecule has 152 valence electrons. The van der Waals surface area contributed by atoms with Crippen molar-refractivity contribution >= 4 is 17.4 Å². The topological polar surface area (TPSA) is 83.0 Å². The highest BCUT2D eigenvalue weighted by Gasteiger charge is 2.45. The molecule has 1 atom stereocenters. The van der Waals surface area contributed by atoms with Gasteiger partial charge < -0.3 is 19.6 Å². The second-order valence-electron chi connectivity index (χ2n) is 7.26. The van der Waals surface area contributed by atoms with Crippen LogP contribution in [0.1, 0.15) is 22.7 Å². The van der Waals surface area contributed by atoms with Crippen molar-refractivity contribution in [3.8, 4) is 5.75 Å². The van der Waals surface area contributed by atoms with E-state index >= 15 is 0 Å². The van der Waals surface area contributed by atoms with Gasteiger partial charge in [0.1, 0.15) is 11.5 Å². The zero-order chi connectivity index (χ0) is 21.1. The average molecular weight is 395 g/mol. The fraction of sp³-hybridized carbons (Fsp3) is 0.318. The predicted octanol–water partition coefficient (Wildman–Crippen LogP) is 2.38. The van der Waals surface area contributed by atoms with Crippen LogP contribution in [0, 0.1) is 6.92 Å². The highest BCUT2D eigenvalue weighted by Crippen LogP contribution is 2.39. The number of aliphatic hydroxyl groups excluding tert-OH is 1. The van der Waals surface area contributed by atoms with Gasteiger partial charge in [-0.25, -0.2) is 0 Å². The van der Waals surface area contributed by atoms with Gasteiger partial charge in [-0.1, -0.05) is 0 Å². The summed E-state index contributed by atoms with van der Waals surface area (Å²) in [5.41, 5.74) is 2.10. The Labute approximate surface area is 170 Å². The van der Waals surface area contributed by atoms with Gasteiger partial charge in [-0.05, 0) is 62.5 Å². The van der Waals surface area contributed by atoms with Crippen molar-refractivity contribution in [3.05, 3.63) is 65.0 Å². The van der Waals surface area contributed by atoms with Crippen LogP contribution in [-0.2, 0) is 9.59 Å². The lowest BCUT2D eigenvalue weighted by Gasteiger charge is -2.26. The normalized spacial score (nSPS) is 18.5. The summed E-state index contributed by atoms with van der Waals surface area (Å²) in [5.74, 6) is -0.807. The summed E-state index contributed by atoms with van der Waals surface area (Å²) in [4.78, 5) is 33.2. The van der Waals surface area contributed by atoms with E-state index in [0.717, 1.165) is 11.1 Å². The quantitative estimate of drug-likeness (QED) is 0.459. The predicted molar refractivity (Wildman–Crippen MR) is 110 cm³/mol. The molecule has 1 aromatic carbocycles. The fourth-order valence-electron chi connectivity index (χ4n) is 3.49. The molecule has 29 heavy (non-hydrogen) atoms. The minimum atomic E-state index is -0.684. The first-order valence-corrected chi connectivity index (χ1v) is 9.33.